The molecule has 3 heteroatoms. The Hall–Kier alpha value is -1.51. The summed E-state index contributed by atoms with van der Waals surface area (Å²) in [5.41, 5.74) is 2.58. The van der Waals surface area contributed by atoms with Crippen molar-refractivity contribution in [3.05, 3.63) is 29.3 Å². The fraction of sp³-hybridized carbons (Fsp3) is 0.611. The first-order valence-corrected chi connectivity index (χ1v) is 7.43. The van der Waals surface area contributed by atoms with Crippen molar-refractivity contribution in [2.45, 2.75) is 59.3 Å². The van der Waals surface area contributed by atoms with Gasteiger partial charge in [0.1, 0.15) is 19.0 Å². The molecule has 0 radical (unpaired) electrons. The van der Waals surface area contributed by atoms with Crippen LogP contribution in [0.3, 0.4) is 0 Å². The quantitative estimate of drug-likeness (QED) is 0.615. The maximum Gasteiger partial charge on any atom is 0.302 e. The Labute approximate surface area is 128 Å². The van der Waals surface area contributed by atoms with Gasteiger partial charge in [-0.1, -0.05) is 53.7 Å². The van der Waals surface area contributed by atoms with Crippen LogP contribution in [0.5, 0.6) is 5.75 Å². The molecule has 0 spiro atoms. The first-order valence-electron chi connectivity index (χ1n) is 7.43. The highest BCUT2D eigenvalue weighted by Gasteiger charge is 2.23. The van der Waals surface area contributed by atoms with Gasteiger partial charge < -0.3 is 9.47 Å². The van der Waals surface area contributed by atoms with Crippen LogP contribution in [0.4, 0.5) is 0 Å². The molecular formula is C18H28O3. The van der Waals surface area contributed by atoms with Crippen LogP contribution in [-0.2, 0) is 20.4 Å². The third kappa shape index (κ3) is 5.41. The third-order valence-electron chi connectivity index (χ3n) is 3.30. The average Bonchev–Trinajstić information content (AvgIpc) is 2.32. The molecule has 0 bridgehead atoms. The van der Waals surface area contributed by atoms with Crippen molar-refractivity contribution in [2.75, 3.05) is 13.2 Å². The van der Waals surface area contributed by atoms with Gasteiger partial charge in [-0.05, 0) is 28.0 Å². The zero-order valence-corrected chi connectivity index (χ0v) is 14.4. The molecule has 0 aromatic heterocycles. The summed E-state index contributed by atoms with van der Waals surface area (Å²) < 4.78 is 10.7. The Morgan fingerprint density at radius 3 is 2.10 bits per heavy atom. The lowest BCUT2D eigenvalue weighted by molar-refractivity contribution is -0.141. The van der Waals surface area contributed by atoms with E-state index in [4.69, 9.17) is 9.47 Å². The van der Waals surface area contributed by atoms with Crippen LogP contribution < -0.4 is 4.74 Å². The van der Waals surface area contributed by atoms with E-state index in [1.165, 1.54) is 18.1 Å². The number of esters is 1. The average molecular weight is 292 g/mol. The number of hydrogen-bond acceptors (Lipinski definition) is 3. The summed E-state index contributed by atoms with van der Waals surface area (Å²) in [6.45, 7) is 15.2. The third-order valence-corrected chi connectivity index (χ3v) is 3.30. The standard InChI is InChI=1S/C18H28O3/c1-13(19)20-10-11-21-16-9-8-14(17(2,3)4)12-15(16)18(5,6)7/h8-9,12H,10-11H2,1-7H3. The molecule has 0 aliphatic heterocycles. The monoisotopic (exact) mass is 292 g/mol. The number of rotatable bonds is 4. The van der Waals surface area contributed by atoms with Crippen LogP contribution >= 0.6 is 0 Å². The Morgan fingerprint density at radius 1 is 1.00 bits per heavy atom. The molecule has 21 heavy (non-hydrogen) atoms. The molecule has 0 heterocycles. The topological polar surface area (TPSA) is 35.5 Å². The van der Waals surface area contributed by atoms with Crippen molar-refractivity contribution in [2.24, 2.45) is 0 Å². The lowest BCUT2D eigenvalue weighted by atomic mass is 9.80. The highest BCUT2D eigenvalue weighted by atomic mass is 16.6. The molecule has 0 N–H and O–H groups in total. The highest BCUT2D eigenvalue weighted by molar-refractivity contribution is 5.65. The summed E-state index contributed by atoms with van der Waals surface area (Å²) in [5.74, 6) is 0.584. The summed E-state index contributed by atoms with van der Waals surface area (Å²) in [5, 5.41) is 0. The molecule has 0 aliphatic carbocycles. The molecule has 0 fully saturated rings. The van der Waals surface area contributed by atoms with Gasteiger partial charge in [0.2, 0.25) is 0 Å². The minimum atomic E-state index is -0.280. The molecule has 3 nitrogen and oxygen atoms in total. The molecule has 0 saturated carbocycles. The summed E-state index contributed by atoms with van der Waals surface area (Å²) in [6.07, 6.45) is 0. The van der Waals surface area contributed by atoms with Crippen molar-refractivity contribution in [3.63, 3.8) is 0 Å². The fourth-order valence-corrected chi connectivity index (χ4v) is 2.05. The van der Waals surface area contributed by atoms with Gasteiger partial charge >= 0.3 is 5.97 Å². The van der Waals surface area contributed by atoms with E-state index < -0.39 is 0 Å². The maximum absolute atomic E-state index is 10.8. The molecule has 0 atom stereocenters. The lowest BCUT2D eigenvalue weighted by Gasteiger charge is -2.27. The summed E-state index contributed by atoms with van der Waals surface area (Å²) in [6, 6.07) is 6.35. The van der Waals surface area contributed by atoms with E-state index in [9.17, 15) is 4.79 Å². The second-order valence-electron chi connectivity index (χ2n) is 7.40. The van der Waals surface area contributed by atoms with Gasteiger partial charge in [-0.3, -0.25) is 4.79 Å². The van der Waals surface area contributed by atoms with Gasteiger partial charge in [-0.15, -0.1) is 0 Å². The predicted molar refractivity (Wildman–Crippen MR) is 86.0 cm³/mol. The minimum Gasteiger partial charge on any atom is -0.490 e. The number of hydrogen-bond donors (Lipinski definition) is 0. The van der Waals surface area contributed by atoms with E-state index >= 15 is 0 Å². The lowest BCUT2D eigenvalue weighted by Crippen LogP contribution is -2.18. The van der Waals surface area contributed by atoms with Crippen LogP contribution in [0, 0.1) is 0 Å². The van der Waals surface area contributed by atoms with Crippen LogP contribution in [-0.4, -0.2) is 19.2 Å². The maximum atomic E-state index is 10.8. The van der Waals surface area contributed by atoms with Gasteiger partial charge in [0, 0.05) is 6.92 Å². The molecule has 1 aromatic carbocycles. The van der Waals surface area contributed by atoms with Crippen molar-refractivity contribution in [3.8, 4) is 5.75 Å². The Morgan fingerprint density at radius 2 is 1.62 bits per heavy atom. The van der Waals surface area contributed by atoms with E-state index in [-0.39, 0.29) is 23.4 Å². The molecular weight excluding hydrogens is 264 g/mol. The number of carbonyl (C=O) groups is 1. The smallest absolute Gasteiger partial charge is 0.302 e. The summed E-state index contributed by atoms with van der Waals surface area (Å²) in [7, 11) is 0. The molecule has 0 saturated heterocycles. The van der Waals surface area contributed by atoms with Crippen molar-refractivity contribution < 1.29 is 14.3 Å². The Kier molecular flexibility index (Phi) is 5.43. The van der Waals surface area contributed by atoms with Crippen LogP contribution in [0.2, 0.25) is 0 Å². The van der Waals surface area contributed by atoms with Crippen LogP contribution in [0.1, 0.15) is 59.6 Å². The first-order chi connectivity index (χ1) is 9.51. The molecule has 0 unspecified atom stereocenters. The van der Waals surface area contributed by atoms with Crippen molar-refractivity contribution in [1.29, 1.82) is 0 Å². The van der Waals surface area contributed by atoms with Crippen molar-refractivity contribution in [1.82, 2.24) is 0 Å². The van der Waals surface area contributed by atoms with Gasteiger partial charge in [0.25, 0.3) is 0 Å². The first kappa shape index (κ1) is 17.5. The Balaban J connectivity index is 2.96. The van der Waals surface area contributed by atoms with Crippen LogP contribution in [0.25, 0.3) is 0 Å². The molecule has 0 aliphatic rings. The van der Waals surface area contributed by atoms with E-state index in [0.717, 1.165) is 5.75 Å². The second kappa shape index (κ2) is 6.50. The SMILES string of the molecule is CC(=O)OCCOc1ccc(C(C)(C)C)cc1C(C)(C)C. The van der Waals surface area contributed by atoms with Gasteiger partial charge in [0.15, 0.2) is 0 Å². The molecule has 118 valence electrons. The molecule has 0 amide bonds. The Bertz CT molecular complexity index is 490. The zero-order valence-electron chi connectivity index (χ0n) is 14.4. The fourth-order valence-electron chi connectivity index (χ4n) is 2.05. The second-order valence-corrected chi connectivity index (χ2v) is 7.40. The summed E-state index contributed by atoms with van der Waals surface area (Å²) in [4.78, 5) is 10.8. The number of benzene rings is 1. The van der Waals surface area contributed by atoms with E-state index in [1.807, 2.05) is 6.07 Å². The largest absolute Gasteiger partial charge is 0.490 e. The normalized spacial score (nSPS) is 12.1. The van der Waals surface area contributed by atoms with Gasteiger partial charge in [0.05, 0.1) is 0 Å². The predicted octanol–water partition coefficient (Wildman–Crippen LogP) is 4.22. The highest BCUT2D eigenvalue weighted by Crippen LogP contribution is 2.35. The number of ether oxygens (including phenoxy) is 2. The van der Waals surface area contributed by atoms with Crippen LogP contribution in [0.15, 0.2) is 18.2 Å². The van der Waals surface area contributed by atoms with E-state index in [0.29, 0.717) is 6.61 Å². The van der Waals surface area contributed by atoms with Gasteiger partial charge in [-0.25, -0.2) is 0 Å². The minimum absolute atomic E-state index is 0.00196. The molecule has 1 aromatic rings. The summed E-state index contributed by atoms with van der Waals surface area (Å²) >= 11 is 0. The zero-order chi connectivity index (χ0) is 16.3. The van der Waals surface area contributed by atoms with Crippen molar-refractivity contribution >= 4 is 5.97 Å². The molecule has 1 rings (SSSR count). The van der Waals surface area contributed by atoms with Gasteiger partial charge in [-0.2, -0.15) is 0 Å². The number of carbonyl (C=O) groups excluding carboxylic acids is 1. The van der Waals surface area contributed by atoms with E-state index in [1.54, 1.807) is 0 Å². The van der Waals surface area contributed by atoms with E-state index in [2.05, 4.69) is 53.7 Å².